The van der Waals surface area contributed by atoms with E-state index in [0.29, 0.717) is 13.0 Å². The Kier molecular flexibility index (Phi) is 5.74. The largest absolute Gasteiger partial charge is 0.379 e. The summed E-state index contributed by atoms with van der Waals surface area (Å²) in [4.78, 5) is 18.6. The number of hydrogen-bond acceptors (Lipinski definition) is 5. The Morgan fingerprint density at radius 3 is 2.78 bits per heavy atom. The number of pyridine rings is 1. The van der Waals surface area contributed by atoms with E-state index in [1.54, 1.807) is 23.7 Å². The van der Waals surface area contributed by atoms with Crippen LogP contribution in [0.1, 0.15) is 17.2 Å². The third-order valence-electron chi connectivity index (χ3n) is 4.01. The summed E-state index contributed by atoms with van der Waals surface area (Å²) in [6.07, 6.45) is 4.04. The molecule has 0 spiro atoms. The summed E-state index contributed by atoms with van der Waals surface area (Å²) in [7, 11) is 0. The zero-order chi connectivity index (χ0) is 15.9. The molecule has 0 aromatic carbocycles. The van der Waals surface area contributed by atoms with E-state index in [4.69, 9.17) is 4.74 Å². The predicted octanol–water partition coefficient (Wildman–Crippen LogP) is 1.88. The normalized spacial score (nSPS) is 16.9. The van der Waals surface area contributed by atoms with Crippen LogP contribution in [0.4, 0.5) is 0 Å². The van der Waals surface area contributed by atoms with Crippen molar-refractivity contribution in [1.29, 1.82) is 0 Å². The minimum absolute atomic E-state index is 0.0655. The predicted molar refractivity (Wildman–Crippen MR) is 90.4 cm³/mol. The lowest BCUT2D eigenvalue weighted by Crippen LogP contribution is -2.44. The Bertz CT molecular complexity index is 598. The van der Waals surface area contributed by atoms with Gasteiger partial charge in [-0.15, -0.1) is 0 Å². The van der Waals surface area contributed by atoms with Gasteiger partial charge in [0.2, 0.25) is 5.91 Å². The van der Waals surface area contributed by atoms with Crippen molar-refractivity contribution in [3.63, 3.8) is 0 Å². The highest BCUT2D eigenvalue weighted by Crippen LogP contribution is 2.20. The molecule has 3 rings (SSSR count). The van der Waals surface area contributed by atoms with Gasteiger partial charge in [0.1, 0.15) is 0 Å². The minimum Gasteiger partial charge on any atom is -0.379 e. The first-order valence-corrected chi connectivity index (χ1v) is 8.77. The second-order valence-corrected chi connectivity index (χ2v) is 6.34. The number of aromatic nitrogens is 1. The topological polar surface area (TPSA) is 54.5 Å². The number of nitrogens with zero attached hydrogens (tertiary/aromatic N) is 2. The number of carbonyl (C=O) groups excluding carboxylic acids is 1. The Balaban J connectivity index is 1.62. The Morgan fingerprint density at radius 1 is 1.30 bits per heavy atom. The van der Waals surface area contributed by atoms with Crippen LogP contribution in [0.3, 0.4) is 0 Å². The number of thiophene rings is 1. The molecule has 1 fully saturated rings. The fourth-order valence-corrected chi connectivity index (χ4v) is 3.45. The summed E-state index contributed by atoms with van der Waals surface area (Å²) in [6, 6.07) is 6.19. The van der Waals surface area contributed by atoms with Gasteiger partial charge in [0.25, 0.3) is 0 Å². The molecule has 5 nitrogen and oxygen atoms in total. The van der Waals surface area contributed by atoms with E-state index in [1.807, 2.05) is 29.0 Å². The van der Waals surface area contributed by atoms with Crippen LogP contribution < -0.4 is 5.32 Å². The van der Waals surface area contributed by atoms with E-state index < -0.39 is 0 Å². The van der Waals surface area contributed by atoms with Crippen LogP contribution in [-0.4, -0.2) is 48.6 Å². The highest BCUT2D eigenvalue weighted by molar-refractivity contribution is 7.07. The van der Waals surface area contributed by atoms with Gasteiger partial charge in [0, 0.05) is 32.0 Å². The summed E-state index contributed by atoms with van der Waals surface area (Å²) in [6.45, 7) is 3.85. The van der Waals surface area contributed by atoms with Crippen LogP contribution >= 0.6 is 11.3 Å². The zero-order valence-electron chi connectivity index (χ0n) is 13.0. The average Bonchev–Trinajstić information content (AvgIpc) is 3.10. The number of ether oxygens (including phenoxy) is 1. The van der Waals surface area contributed by atoms with Crippen molar-refractivity contribution in [3.05, 3.63) is 52.5 Å². The number of rotatable bonds is 6. The van der Waals surface area contributed by atoms with Gasteiger partial charge < -0.3 is 10.1 Å². The Hall–Kier alpha value is -1.76. The number of carbonyl (C=O) groups is 1. The van der Waals surface area contributed by atoms with Gasteiger partial charge >= 0.3 is 0 Å². The van der Waals surface area contributed by atoms with E-state index in [-0.39, 0.29) is 11.9 Å². The molecule has 0 bridgehead atoms. The van der Waals surface area contributed by atoms with Gasteiger partial charge in [-0.05, 0) is 40.1 Å². The van der Waals surface area contributed by atoms with Crippen LogP contribution in [0.25, 0.3) is 0 Å². The molecule has 0 radical (unpaired) electrons. The van der Waals surface area contributed by atoms with Gasteiger partial charge in [0.05, 0.1) is 25.7 Å². The van der Waals surface area contributed by atoms with Crippen LogP contribution in [0.2, 0.25) is 0 Å². The quantitative estimate of drug-likeness (QED) is 0.878. The molecule has 1 saturated heterocycles. The Morgan fingerprint density at radius 2 is 2.09 bits per heavy atom. The van der Waals surface area contributed by atoms with Crippen molar-refractivity contribution in [2.45, 2.75) is 12.5 Å². The molecular weight excluding hydrogens is 310 g/mol. The van der Waals surface area contributed by atoms with Crippen LogP contribution in [0.5, 0.6) is 0 Å². The molecule has 1 aliphatic heterocycles. The molecule has 6 heteroatoms. The van der Waals surface area contributed by atoms with Crippen molar-refractivity contribution in [3.8, 4) is 0 Å². The lowest BCUT2D eigenvalue weighted by Gasteiger charge is -2.34. The van der Waals surface area contributed by atoms with Gasteiger partial charge in [-0.1, -0.05) is 0 Å². The van der Waals surface area contributed by atoms with E-state index in [2.05, 4.69) is 15.2 Å². The summed E-state index contributed by atoms with van der Waals surface area (Å²) >= 11 is 1.62. The number of hydrogen-bond donors (Lipinski definition) is 1. The summed E-state index contributed by atoms with van der Waals surface area (Å²) in [5, 5.41) is 7.09. The smallest absolute Gasteiger partial charge is 0.224 e. The van der Waals surface area contributed by atoms with Gasteiger partial charge in [-0.2, -0.15) is 11.3 Å². The number of amides is 1. The fourth-order valence-electron chi connectivity index (χ4n) is 2.78. The second-order valence-electron chi connectivity index (χ2n) is 5.56. The van der Waals surface area contributed by atoms with Crippen molar-refractivity contribution < 1.29 is 9.53 Å². The lowest BCUT2D eigenvalue weighted by atomic mass is 10.1. The Labute approximate surface area is 140 Å². The molecule has 2 aromatic rings. The summed E-state index contributed by atoms with van der Waals surface area (Å²) in [5.41, 5.74) is 2.25. The maximum absolute atomic E-state index is 12.2. The molecule has 0 aliphatic carbocycles. The van der Waals surface area contributed by atoms with E-state index in [0.717, 1.165) is 31.9 Å². The van der Waals surface area contributed by atoms with Crippen LogP contribution in [0, 0.1) is 0 Å². The SMILES string of the molecule is O=C(Cc1ccsc1)NCC(c1ccncc1)N1CCOCC1. The highest BCUT2D eigenvalue weighted by Gasteiger charge is 2.23. The van der Waals surface area contributed by atoms with E-state index >= 15 is 0 Å². The number of nitrogens with one attached hydrogen (secondary N) is 1. The standard InChI is InChI=1S/C17H21N3O2S/c21-17(11-14-3-10-23-13-14)19-12-16(15-1-4-18-5-2-15)20-6-8-22-9-7-20/h1-5,10,13,16H,6-9,11-12H2,(H,19,21). The van der Waals surface area contributed by atoms with Gasteiger partial charge in [-0.3, -0.25) is 14.7 Å². The molecule has 1 amide bonds. The van der Waals surface area contributed by atoms with E-state index in [9.17, 15) is 4.79 Å². The van der Waals surface area contributed by atoms with Gasteiger partial charge in [-0.25, -0.2) is 0 Å². The van der Waals surface area contributed by atoms with Crippen LogP contribution in [-0.2, 0) is 16.0 Å². The first-order chi connectivity index (χ1) is 11.3. The second kappa shape index (κ2) is 8.19. The van der Waals surface area contributed by atoms with Crippen molar-refractivity contribution in [1.82, 2.24) is 15.2 Å². The van der Waals surface area contributed by atoms with Crippen molar-refractivity contribution >= 4 is 17.2 Å². The molecule has 1 atom stereocenters. The van der Waals surface area contributed by atoms with Crippen molar-refractivity contribution in [2.24, 2.45) is 0 Å². The lowest BCUT2D eigenvalue weighted by molar-refractivity contribution is -0.120. The van der Waals surface area contributed by atoms with Crippen LogP contribution in [0.15, 0.2) is 41.4 Å². The fraction of sp³-hybridized carbons (Fsp3) is 0.412. The zero-order valence-corrected chi connectivity index (χ0v) is 13.8. The molecule has 1 aliphatic rings. The third kappa shape index (κ3) is 4.60. The maximum Gasteiger partial charge on any atom is 0.224 e. The highest BCUT2D eigenvalue weighted by atomic mass is 32.1. The monoisotopic (exact) mass is 331 g/mol. The third-order valence-corrected chi connectivity index (χ3v) is 4.75. The average molecular weight is 331 g/mol. The first-order valence-electron chi connectivity index (χ1n) is 7.82. The molecule has 122 valence electrons. The minimum atomic E-state index is 0.0655. The van der Waals surface area contributed by atoms with Crippen molar-refractivity contribution in [2.75, 3.05) is 32.8 Å². The molecular formula is C17H21N3O2S. The summed E-state index contributed by atoms with van der Waals surface area (Å²) < 4.78 is 5.44. The molecule has 1 N–H and O–H groups in total. The summed E-state index contributed by atoms with van der Waals surface area (Å²) in [5.74, 6) is 0.0655. The van der Waals surface area contributed by atoms with Gasteiger partial charge in [0.15, 0.2) is 0 Å². The molecule has 1 unspecified atom stereocenters. The van der Waals surface area contributed by atoms with E-state index in [1.165, 1.54) is 5.56 Å². The first kappa shape index (κ1) is 16.1. The molecule has 23 heavy (non-hydrogen) atoms. The molecule has 2 aromatic heterocycles. The molecule has 0 saturated carbocycles. The molecule has 3 heterocycles. The maximum atomic E-state index is 12.2. The number of morpholine rings is 1.